The smallest absolute Gasteiger partial charge is 0.163 e. The first-order valence-electron chi connectivity index (χ1n) is 5.24. The van der Waals surface area contributed by atoms with E-state index in [1.807, 2.05) is 18.2 Å². The monoisotopic (exact) mass is 246 g/mol. The molecule has 0 bridgehead atoms. The van der Waals surface area contributed by atoms with Crippen molar-refractivity contribution in [1.82, 2.24) is 4.98 Å². The molecule has 0 saturated heterocycles. The maximum absolute atomic E-state index is 5.56. The van der Waals surface area contributed by atoms with Crippen molar-refractivity contribution >= 4 is 28.1 Å². The van der Waals surface area contributed by atoms with Crippen LogP contribution in [0.2, 0.25) is 0 Å². The normalized spacial score (nSPS) is 13.6. The molecular weight excluding hydrogens is 236 g/mol. The fourth-order valence-electron chi connectivity index (χ4n) is 1.80. The van der Waals surface area contributed by atoms with Crippen molar-refractivity contribution in [3.8, 4) is 11.5 Å². The number of hydrogen-bond acceptors (Lipinski definition) is 4. The fraction of sp³-hybridized carbons (Fsp3) is 0.167. The van der Waals surface area contributed by atoms with Crippen molar-refractivity contribution < 1.29 is 9.47 Å². The van der Waals surface area contributed by atoms with Gasteiger partial charge in [0.05, 0.1) is 11.2 Å². The minimum Gasteiger partial charge on any atom is -0.486 e. The molecule has 0 atom stereocenters. The van der Waals surface area contributed by atoms with Crippen molar-refractivity contribution in [2.24, 2.45) is 5.73 Å². The van der Waals surface area contributed by atoms with Crippen LogP contribution in [0.15, 0.2) is 24.3 Å². The number of nitrogens with two attached hydrogens (primary N) is 1. The Balaban J connectivity index is 2.20. The Hall–Kier alpha value is -1.88. The van der Waals surface area contributed by atoms with Crippen molar-refractivity contribution in [1.29, 1.82) is 0 Å². The second-order valence-electron chi connectivity index (χ2n) is 3.75. The summed E-state index contributed by atoms with van der Waals surface area (Å²) in [5.41, 5.74) is 6.98. The average molecular weight is 246 g/mol. The zero-order valence-electron chi connectivity index (χ0n) is 8.97. The highest BCUT2D eigenvalue weighted by molar-refractivity contribution is 7.80. The lowest BCUT2D eigenvalue weighted by molar-refractivity contribution is 0.172. The van der Waals surface area contributed by atoms with Gasteiger partial charge < -0.3 is 15.2 Å². The van der Waals surface area contributed by atoms with Crippen LogP contribution in [-0.4, -0.2) is 23.2 Å². The summed E-state index contributed by atoms with van der Waals surface area (Å²) in [5.74, 6) is 1.48. The third-order valence-corrected chi connectivity index (χ3v) is 2.81. The molecule has 0 radical (unpaired) electrons. The minimum atomic E-state index is 0.293. The zero-order valence-corrected chi connectivity index (χ0v) is 9.79. The van der Waals surface area contributed by atoms with Crippen molar-refractivity contribution in [2.75, 3.05) is 13.2 Å². The second kappa shape index (κ2) is 3.85. The predicted molar refractivity (Wildman–Crippen MR) is 68.6 cm³/mol. The van der Waals surface area contributed by atoms with E-state index < -0.39 is 0 Å². The van der Waals surface area contributed by atoms with Gasteiger partial charge in [-0.15, -0.1) is 0 Å². The Morgan fingerprint density at radius 1 is 1.18 bits per heavy atom. The molecule has 4 nitrogen and oxygen atoms in total. The van der Waals surface area contributed by atoms with Crippen LogP contribution in [0.25, 0.3) is 10.9 Å². The summed E-state index contributed by atoms with van der Waals surface area (Å²) in [6, 6.07) is 7.50. The van der Waals surface area contributed by atoms with Crippen LogP contribution in [-0.2, 0) is 0 Å². The summed E-state index contributed by atoms with van der Waals surface area (Å²) in [7, 11) is 0. The van der Waals surface area contributed by atoms with Gasteiger partial charge >= 0.3 is 0 Å². The van der Waals surface area contributed by atoms with Crippen LogP contribution >= 0.6 is 12.2 Å². The van der Waals surface area contributed by atoms with E-state index in [0.29, 0.717) is 23.9 Å². The molecule has 1 aromatic heterocycles. The molecule has 17 heavy (non-hydrogen) atoms. The number of rotatable bonds is 1. The molecule has 86 valence electrons. The molecule has 0 spiro atoms. The number of hydrogen-bond donors (Lipinski definition) is 1. The minimum absolute atomic E-state index is 0.293. The summed E-state index contributed by atoms with van der Waals surface area (Å²) in [5, 5.41) is 0.981. The lowest BCUT2D eigenvalue weighted by Crippen LogP contribution is -2.15. The molecule has 1 aliphatic heterocycles. The average Bonchev–Trinajstić information content (AvgIpc) is 2.35. The fourth-order valence-corrected chi connectivity index (χ4v) is 1.91. The highest BCUT2D eigenvalue weighted by atomic mass is 32.1. The van der Waals surface area contributed by atoms with Gasteiger partial charge in [0, 0.05) is 11.5 Å². The van der Waals surface area contributed by atoms with E-state index in [4.69, 9.17) is 27.4 Å². The first-order chi connectivity index (χ1) is 8.24. The SMILES string of the molecule is NC(=S)c1ccc2cc3c(cc2n1)OCCO3. The lowest BCUT2D eigenvalue weighted by Gasteiger charge is -2.18. The van der Waals surface area contributed by atoms with E-state index in [1.54, 1.807) is 6.07 Å². The number of benzene rings is 1. The molecule has 2 heterocycles. The highest BCUT2D eigenvalue weighted by Crippen LogP contribution is 2.33. The van der Waals surface area contributed by atoms with Gasteiger partial charge in [-0.3, -0.25) is 0 Å². The topological polar surface area (TPSA) is 57.4 Å². The van der Waals surface area contributed by atoms with Crippen LogP contribution in [0.3, 0.4) is 0 Å². The molecule has 0 aliphatic carbocycles. The van der Waals surface area contributed by atoms with Gasteiger partial charge in [0.1, 0.15) is 18.2 Å². The first-order valence-corrected chi connectivity index (χ1v) is 5.65. The van der Waals surface area contributed by atoms with Gasteiger partial charge in [-0.05, 0) is 12.1 Å². The van der Waals surface area contributed by atoms with Crippen LogP contribution in [0.5, 0.6) is 11.5 Å². The van der Waals surface area contributed by atoms with Gasteiger partial charge in [-0.25, -0.2) is 4.98 Å². The molecule has 0 saturated carbocycles. The molecule has 2 aromatic rings. The van der Waals surface area contributed by atoms with Gasteiger partial charge in [0.25, 0.3) is 0 Å². The maximum atomic E-state index is 5.56. The molecule has 0 unspecified atom stereocenters. The largest absolute Gasteiger partial charge is 0.486 e. The number of pyridine rings is 1. The maximum Gasteiger partial charge on any atom is 0.163 e. The molecule has 0 fully saturated rings. The van der Waals surface area contributed by atoms with Crippen molar-refractivity contribution in [2.45, 2.75) is 0 Å². The molecule has 0 amide bonds. The van der Waals surface area contributed by atoms with Crippen molar-refractivity contribution in [3.05, 3.63) is 30.0 Å². The Morgan fingerprint density at radius 3 is 2.59 bits per heavy atom. The Kier molecular flexibility index (Phi) is 2.33. The van der Waals surface area contributed by atoms with Crippen LogP contribution in [0.4, 0.5) is 0 Å². The summed E-state index contributed by atoms with van der Waals surface area (Å²) < 4.78 is 11.0. The Labute approximate surface area is 103 Å². The molecule has 2 N–H and O–H groups in total. The Morgan fingerprint density at radius 2 is 1.88 bits per heavy atom. The molecular formula is C12H10N2O2S. The number of ether oxygens (including phenoxy) is 2. The zero-order chi connectivity index (χ0) is 11.8. The highest BCUT2D eigenvalue weighted by Gasteiger charge is 2.13. The molecule has 1 aromatic carbocycles. The first kappa shape index (κ1) is 10.3. The van der Waals surface area contributed by atoms with Crippen LogP contribution in [0.1, 0.15) is 5.69 Å². The number of fused-ring (bicyclic) bond motifs is 2. The number of nitrogens with zero attached hydrogens (tertiary/aromatic N) is 1. The van der Waals surface area contributed by atoms with Crippen molar-refractivity contribution in [3.63, 3.8) is 0 Å². The van der Waals surface area contributed by atoms with Gasteiger partial charge in [0.2, 0.25) is 0 Å². The summed E-state index contributed by atoms with van der Waals surface area (Å²) in [6.45, 7) is 1.14. The third-order valence-electron chi connectivity index (χ3n) is 2.61. The quantitative estimate of drug-likeness (QED) is 0.775. The van der Waals surface area contributed by atoms with E-state index in [-0.39, 0.29) is 0 Å². The van der Waals surface area contributed by atoms with Gasteiger partial charge in [-0.2, -0.15) is 0 Å². The van der Waals surface area contributed by atoms with E-state index in [2.05, 4.69) is 4.98 Å². The summed E-state index contributed by atoms with van der Waals surface area (Å²) in [4.78, 5) is 4.67. The van der Waals surface area contributed by atoms with E-state index >= 15 is 0 Å². The standard InChI is InChI=1S/C12H10N2O2S/c13-12(17)8-2-1-7-5-10-11(6-9(7)14-8)16-4-3-15-10/h1-2,5-6H,3-4H2,(H2,13,17). The van der Waals surface area contributed by atoms with E-state index in [9.17, 15) is 0 Å². The summed E-state index contributed by atoms with van der Waals surface area (Å²) >= 11 is 4.91. The van der Waals surface area contributed by atoms with Gasteiger partial charge in [-0.1, -0.05) is 18.3 Å². The molecule has 3 rings (SSSR count). The number of aromatic nitrogens is 1. The molecule has 1 aliphatic rings. The van der Waals surface area contributed by atoms with E-state index in [1.165, 1.54) is 0 Å². The predicted octanol–water partition coefficient (Wildman–Crippen LogP) is 1.64. The second-order valence-corrected chi connectivity index (χ2v) is 4.19. The summed E-state index contributed by atoms with van der Waals surface area (Å²) in [6.07, 6.45) is 0. The molecule has 5 heteroatoms. The van der Waals surface area contributed by atoms with Crippen LogP contribution < -0.4 is 15.2 Å². The van der Waals surface area contributed by atoms with Crippen LogP contribution in [0, 0.1) is 0 Å². The third kappa shape index (κ3) is 1.78. The van der Waals surface area contributed by atoms with Gasteiger partial charge in [0.15, 0.2) is 11.5 Å². The van der Waals surface area contributed by atoms with E-state index in [0.717, 1.165) is 22.4 Å². The Bertz CT molecular complexity index is 613. The number of thiocarbonyl (C=S) groups is 1. The lowest BCUT2D eigenvalue weighted by atomic mass is 10.1.